The second-order valence-electron chi connectivity index (χ2n) is 5.10. The molecule has 0 aliphatic heterocycles. The molecule has 114 valence electrons. The molecule has 1 rings (SSSR count). The van der Waals surface area contributed by atoms with Crippen LogP contribution >= 0.6 is 11.8 Å². The van der Waals surface area contributed by atoms with Crippen LogP contribution in [0.25, 0.3) is 0 Å². The monoisotopic (exact) mass is 301 g/mol. The zero-order valence-corrected chi connectivity index (χ0v) is 13.4. The minimum atomic E-state index is -0.559. The molecule has 7 nitrogen and oxygen atoms in total. The first-order valence-electron chi connectivity index (χ1n) is 6.69. The third-order valence-corrected chi connectivity index (χ3v) is 4.14. The number of ether oxygens (including phenoxy) is 1. The van der Waals surface area contributed by atoms with Crippen LogP contribution in [0.4, 0.5) is 0 Å². The van der Waals surface area contributed by atoms with Crippen molar-refractivity contribution in [1.29, 1.82) is 0 Å². The third-order valence-electron chi connectivity index (χ3n) is 2.73. The first-order valence-corrected chi connectivity index (χ1v) is 7.68. The van der Waals surface area contributed by atoms with Gasteiger partial charge < -0.3 is 10.1 Å². The fraction of sp³-hybridized carbons (Fsp3) is 0.833. The first-order chi connectivity index (χ1) is 9.51. The van der Waals surface area contributed by atoms with Crippen LogP contribution in [-0.4, -0.2) is 52.1 Å². The van der Waals surface area contributed by atoms with Crippen LogP contribution in [0.2, 0.25) is 0 Å². The van der Waals surface area contributed by atoms with Gasteiger partial charge in [0.25, 0.3) is 0 Å². The van der Waals surface area contributed by atoms with Crippen LogP contribution in [0.1, 0.15) is 27.2 Å². The van der Waals surface area contributed by atoms with Gasteiger partial charge in [0.2, 0.25) is 5.16 Å². The second-order valence-corrected chi connectivity index (χ2v) is 6.04. The summed E-state index contributed by atoms with van der Waals surface area (Å²) in [5.74, 6) is 0.344. The van der Waals surface area contributed by atoms with E-state index >= 15 is 0 Å². The Morgan fingerprint density at radius 1 is 1.45 bits per heavy atom. The maximum absolute atomic E-state index is 11.6. The normalized spacial score (nSPS) is 11.6. The molecular formula is C12H23N5O2S. The summed E-state index contributed by atoms with van der Waals surface area (Å²) in [6.45, 7) is 8.35. The molecule has 0 aliphatic carbocycles. The molecule has 0 bridgehead atoms. The van der Waals surface area contributed by atoms with E-state index in [4.69, 9.17) is 4.74 Å². The summed E-state index contributed by atoms with van der Waals surface area (Å²) in [5.41, 5.74) is -0.559. The van der Waals surface area contributed by atoms with Gasteiger partial charge in [-0.2, -0.15) is 0 Å². The number of tetrazole rings is 1. The summed E-state index contributed by atoms with van der Waals surface area (Å²) in [4.78, 5) is 11.6. The number of hydrogen-bond acceptors (Lipinski definition) is 7. The predicted octanol–water partition coefficient (Wildman–Crippen LogP) is 0.964. The highest BCUT2D eigenvalue weighted by Gasteiger charge is 2.29. The lowest BCUT2D eigenvalue weighted by atomic mass is 9.97. The van der Waals surface area contributed by atoms with Crippen LogP contribution in [0.15, 0.2) is 5.16 Å². The molecule has 0 spiro atoms. The fourth-order valence-electron chi connectivity index (χ4n) is 1.51. The van der Waals surface area contributed by atoms with Crippen LogP contribution in [0.5, 0.6) is 0 Å². The molecule has 0 fully saturated rings. The SMILES string of the molecule is CCCNCCn1nnnc1SCC(C)(C)C(=O)OC. The second kappa shape index (κ2) is 8.21. The van der Waals surface area contributed by atoms with Gasteiger partial charge in [-0.3, -0.25) is 4.79 Å². The summed E-state index contributed by atoms with van der Waals surface area (Å²) in [6, 6.07) is 0. The Hall–Kier alpha value is -1.15. The Morgan fingerprint density at radius 2 is 2.20 bits per heavy atom. The largest absolute Gasteiger partial charge is 0.469 e. The Balaban J connectivity index is 2.48. The molecule has 8 heteroatoms. The van der Waals surface area contributed by atoms with Crippen molar-refractivity contribution in [3.8, 4) is 0 Å². The minimum absolute atomic E-state index is 0.228. The van der Waals surface area contributed by atoms with E-state index < -0.39 is 5.41 Å². The summed E-state index contributed by atoms with van der Waals surface area (Å²) in [5, 5.41) is 15.7. The number of carbonyl (C=O) groups is 1. The summed E-state index contributed by atoms with van der Waals surface area (Å²) in [6.07, 6.45) is 1.10. The highest BCUT2D eigenvalue weighted by molar-refractivity contribution is 7.99. The predicted molar refractivity (Wildman–Crippen MR) is 77.5 cm³/mol. The van der Waals surface area contributed by atoms with Crippen molar-refractivity contribution in [1.82, 2.24) is 25.5 Å². The van der Waals surface area contributed by atoms with E-state index in [2.05, 4.69) is 27.8 Å². The smallest absolute Gasteiger partial charge is 0.312 e. The maximum Gasteiger partial charge on any atom is 0.312 e. The van der Waals surface area contributed by atoms with Gasteiger partial charge in [-0.15, -0.1) is 5.10 Å². The number of nitrogens with one attached hydrogen (secondary N) is 1. The van der Waals surface area contributed by atoms with Crippen LogP contribution in [0.3, 0.4) is 0 Å². The number of aromatic nitrogens is 4. The summed E-state index contributed by atoms with van der Waals surface area (Å²) in [7, 11) is 1.40. The lowest BCUT2D eigenvalue weighted by Gasteiger charge is -2.20. The quantitative estimate of drug-likeness (QED) is 0.413. The van der Waals surface area contributed by atoms with E-state index in [0.717, 1.165) is 24.7 Å². The highest BCUT2D eigenvalue weighted by atomic mass is 32.2. The number of rotatable bonds is 9. The molecule has 0 unspecified atom stereocenters. The van der Waals surface area contributed by atoms with Gasteiger partial charge in [0, 0.05) is 12.3 Å². The van der Waals surface area contributed by atoms with E-state index in [0.29, 0.717) is 12.3 Å². The van der Waals surface area contributed by atoms with Gasteiger partial charge in [0.15, 0.2) is 0 Å². The topological polar surface area (TPSA) is 81.9 Å². The first kappa shape index (κ1) is 16.9. The molecule has 0 radical (unpaired) electrons. The van der Waals surface area contributed by atoms with Crippen LogP contribution in [-0.2, 0) is 16.1 Å². The molecule has 1 heterocycles. The zero-order chi connectivity index (χ0) is 15.0. The van der Waals surface area contributed by atoms with Gasteiger partial charge in [-0.25, -0.2) is 4.68 Å². The van der Waals surface area contributed by atoms with E-state index in [1.54, 1.807) is 4.68 Å². The van der Waals surface area contributed by atoms with Crippen molar-refractivity contribution in [2.75, 3.05) is 26.0 Å². The molecule has 0 amide bonds. The van der Waals surface area contributed by atoms with Crippen molar-refractivity contribution in [3.63, 3.8) is 0 Å². The molecule has 0 aliphatic rings. The Labute approximate surface area is 123 Å². The lowest BCUT2D eigenvalue weighted by molar-refractivity contribution is -0.149. The summed E-state index contributed by atoms with van der Waals surface area (Å²) >= 11 is 1.47. The minimum Gasteiger partial charge on any atom is -0.469 e. The number of hydrogen-bond donors (Lipinski definition) is 1. The number of methoxy groups -OCH3 is 1. The molecule has 0 saturated carbocycles. The molecule has 1 aromatic rings. The molecule has 1 aromatic heterocycles. The van der Waals surface area contributed by atoms with Gasteiger partial charge in [-0.1, -0.05) is 18.7 Å². The van der Waals surface area contributed by atoms with E-state index in [1.807, 2.05) is 13.8 Å². The van der Waals surface area contributed by atoms with Gasteiger partial charge in [0.1, 0.15) is 0 Å². The van der Waals surface area contributed by atoms with Gasteiger partial charge in [0.05, 0.1) is 19.1 Å². The van der Waals surface area contributed by atoms with Gasteiger partial charge >= 0.3 is 5.97 Å². The molecule has 0 atom stereocenters. The highest BCUT2D eigenvalue weighted by Crippen LogP contribution is 2.27. The number of thioether (sulfide) groups is 1. The van der Waals surface area contributed by atoms with Crippen molar-refractivity contribution in [2.45, 2.75) is 38.9 Å². The van der Waals surface area contributed by atoms with E-state index in [-0.39, 0.29) is 5.97 Å². The number of carbonyl (C=O) groups excluding carboxylic acids is 1. The molecule has 0 aromatic carbocycles. The van der Waals surface area contributed by atoms with Crippen LogP contribution < -0.4 is 5.32 Å². The molecule has 0 saturated heterocycles. The number of nitrogens with zero attached hydrogens (tertiary/aromatic N) is 4. The van der Waals surface area contributed by atoms with E-state index in [1.165, 1.54) is 18.9 Å². The standard InChI is InChI=1S/C12H23N5O2S/c1-5-6-13-7-8-17-11(14-15-16-17)20-9-12(2,3)10(18)19-4/h13H,5-9H2,1-4H3. The third kappa shape index (κ3) is 5.09. The van der Waals surface area contributed by atoms with E-state index in [9.17, 15) is 4.79 Å². The van der Waals surface area contributed by atoms with Crippen molar-refractivity contribution >= 4 is 17.7 Å². The average Bonchev–Trinajstić information content (AvgIpc) is 2.88. The zero-order valence-electron chi connectivity index (χ0n) is 12.5. The Bertz CT molecular complexity index is 422. The van der Waals surface area contributed by atoms with Crippen molar-refractivity contribution in [3.05, 3.63) is 0 Å². The van der Waals surface area contributed by atoms with Crippen LogP contribution in [0, 0.1) is 5.41 Å². The Kier molecular flexibility index (Phi) is 6.94. The molecule has 20 heavy (non-hydrogen) atoms. The fourth-order valence-corrected chi connectivity index (χ4v) is 2.49. The average molecular weight is 301 g/mol. The molecule has 1 N–H and O–H groups in total. The maximum atomic E-state index is 11.6. The molecular weight excluding hydrogens is 278 g/mol. The lowest BCUT2D eigenvalue weighted by Crippen LogP contribution is -2.28. The Morgan fingerprint density at radius 3 is 2.85 bits per heavy atom. The van der Waals surface area contributed by atoms with Crippen molar-refractivity contribution in [2.24, 2.45) is 5.41 Å². The van der Waals surface area contributed by atoms with Gasteiger partial charge in [-0.05, 0) is 37.2 Å². The summed E-state index contributed by atoms with van der Waals surface area (Å²) < 4.78 is 6.54. The number of esters is 1. The van der Waals surface area contributed by atoms with Crippen molar-refractivity contribution < 1.29 is 9.53 Å².